The zero-order chi connectivity index (χ0) is 14.2. The highest BCUT2D eigenvalue weighted by Crippen LogP contribution is 2.38. The maximum atomic E-state index is 13.6. The summed E-state index contributed by atoms with van der Waals surface area (Å²) >= 11 is 5.66. The van der Waals surface area contributed by atoms with Gasteiger partial charge in [-0.15, -0.1) is 0 Å². The standard InChI is InChI=1S/C12H7ClF4N2/c13-6-1-2-10(14)8(3-6)11-9(12(15,16)17)4-7(18)5-19-11/h1-5H,18H2. The first-order chi connectivity index (χ1) is 8.79. The van der Waals surface area contributed by atoms with E-state index in [0.717, 1.165) is 18.3 Å². The predicted molar refractivity (Wildman–Crippen MR) is 64.1 cm³/mol. The summed E-state index contributed by atoms with van der Waals surface area (Å²) in [5.41, 5.74) is 3.17. The van der Waals surface area contributed by atoms with Gasteiger partial charge in [-0.05, 0) is 24.3 Å². The number of pyridine rings is 1. The summed E-state index contributed by atoms with van der Waals surface area (Å²) in [6.07, 6.45) is -3.66. The molecule has 0 amide bonds. The van der Waals surface area contributed by atoms with Crippen molar-refractivity contribution in [3.8, 4) is 11.3 Å². The van der Waals surface area contributed by atoms with E-state index in [-0.39, 0.29) is 16.3 Å². The summed E-state index contributed by atoms with van der Waals surface area (Å²) in [4.78, 5) is 3.57. The summed E-state index contributed by atoms with van der Waals surface area (Å²) in [6, 6.07) is 4.02. The molecule has 0 saturated heterocycles. The summed E-state index contributed by atoms with van der Waals surface area (Å²) in [5.74, 6) is -0.841. The monoisotopic (exact) mass is 290 g/mol. The van der Waals surface area contributed by atoms with Gasteiger partial charge in [-0.1, -0.05) is 11.6 Å². The zero-order valence-corrected chi connectivity index (χ0v) is 10.1. The summed E-state index contributed by atoms with van der Waals surface area (Å²) < 4.78 is 52.3. The van der Waals surface area contributed by atoms with Gasteiger partial charge in [0.25, 0.3) is 0 Å². The van der Waals surface area contributed by atoms with Gasteiger partial charge in [0, 0.05) is 10.6 Å². The number of hydrogen-bond donors (Lipinski definition) is 1. The van der Waals surface area contributed by atoms with Crippen LogP contribution in [0, 0.1) is 5.82 Å². The summed E-state index contributed by atoms with van der Waals surface area (Å²) in [6.45, 7) is 0. The fourth-order valence-corrected chi connectivity index (χ4v) is 1.76. The first-order valence-electron chi connectivity index (χ1n) is 5.07. The number of hydrogen-bond acceptors (Lipinski definition) is 2. The second-order valence-corrected chi connectivity index (χ2v) is 4.22. The number of alkyl halides is 3. The van der Waals surface area contributed by atoms with Crippen LogP contribution in [0.3, 0.4) is 0 Å². The molecule has 2 aromatic rings. The van der Waals surface area contributed by atoms with E-state index < -0.39 is 23.3 Å². The number of rotatable bonds is 1. The first kappa shape index (κ1) is 13.6. The van der Waals surface area contributed by atoms with Crippen molar-refractivity contribution in [1.82, 2.24) is 4.98 Å². The van der Waals surface area contributed by atoms with Crippen LogP contribution in [0.5, 0.6) is 0 Å². The molecule has 0 spiro atoms. The van der Waals surface area contributed by atoms with Crippen molar-refractivity contribution in [2.24, 2.45) is 0 Å². The van der Waals surface area contributed by atoms with Gasteiger partial charge in [-0.2, -0.15) is 13.2 Å². The molecule has 100 valence electrons. The molecule has 0 aliphatic rings. The third-order valence-electron chi connectivity index (χ3n) is 2.40. The van der Waals surface area contributed by atoms with E-state index in [2.05, 4.69) is 4.98 Å². The molecular weight excluding hydrogens is 284 g/mol. The van der Waals surface area contributed by atoms with E-state index in [1.807, 2.05) is 0 Å². The van der Waals surface area contributed by atoms with E-state index in [1.54, 1.807) is 0 Å². The number of nitrogen functional groups attached to an aromatic ring is 1. The highest BCUT2D eigenvalue weighted by Gasteiger charge is 2.35. The molecule has 1 aromatic carbocycles. The number of anilines is 1. The Balaban J connectivity index is 2.72. The van der Waals surface area contributed by atoms with Crippen LogP contribution in [0.2, 0.25) is 5.02 Å². The lowest BCUT2D eigenvalue weighted by molar-refractivity contribution is -0.137. The highest BCUT2D eigenvalue weighted by molar-refractivity contribution is 6.30. The van der Waals surface area contributed by atoms with Crippen molar-refractivity contribution in [3.05, 3.63) is 46.9 Å². The number of aromatic nitrogens is 1. The molecule has 2 rings (SSSR count). The van der Waals surface area contributed by atoms with Gasteiger partial charge in [-0.25, -0.2) is 4.39 Å². The van der Waals surface area contributed by atoms with Crippen LogP contribution >= 0.6 is 11.6 Å². The SMILES string of the molecule is Nc1cnc(-c2cc(Cl)ccc2F)c(C(F)(F)F)c1. The number of nitrogens with two attached hydrogens (primary N) is 1. The molecule has 0 aliphatic heterocycles. The Morgan fingerprint density at radius 3 is 2.47 bits per heavy atom. The van der Waals surface area contributed by atoms with E-state index >= 15 is 0 Å². The lowest BCUT2D eigenvalue weighted by Crippen LogP contribution is -2.10. The molecule has 0 aliphatic carbocycles. The molecule has 7 heteroatoms. The van der Waals surface area contributed by atoms with Crippen LogP contribution in [-0.4, -0.2) is 4.98 Å². The van der Waals surface area contributed by atoms with Gasteiger partial charge in [0.05, 0.1) is 23.1 Å². The minimum absolute atomic E-state index is 0.114. The van der Waals surface area contributed by atoms with E-state index in [1.165, 1.54) is 6.07 Å². The molecule has 0 saturated carbocycles. The van der Waals surface area contributed by atoms with Gasteiger partial charge in [0.2, 0.25) is 0 Å². The van der Waals surface area contributed by atoms with Crippen LogP contribution in [0.4, 0.5) is 23.2 Å². The lowest BCUT2D eigenvalue weighted by atomic mass is 10.0. The lowest BCUT2D eigenvalue weighted by Gasteiger charge is -2.13. The molecule has 0 fully saturated rings. The van der Waals surface area contributed by atoms with E-state index in [4.69, 9.17) is 17.3 Å². The maximum absolute atomic E-state index is 13.6. The van der Waals surface area contributed by atoms with Crippen molar-refractivity contribution >= 4 is 17.3 Å². The Morgan fingerprint density at radius 1 is 1.16 bits per heavy atom. The van der Waals surface area contributed by atoms with Crippen molar-refractivity contribution in [2.45, 2.75) is 6.18 Å². The molecule has 1 aromatic heterocycles. The quantitative estimate of drug-likeness (QED) is 0.802. The summed E-state index contributed by atoms with van der Waals surface area (Å²) in [7, 11) is 0. The van der Waals surface area contributed by atoms with Crippen molar-refractivity contribution in [2.75, 3.05) is 5.73 Å². The molecule has 2 N–H and O–H groups in total. The number of halogens is 5. The second kappa shape index (κ2) is 4.70. The topological polar surface area (TPSA) is 38.9 Å². The highest BCUT2D eigenvalue weighted by atomic mass is 35.5. The predicted octanol–water partition coefficient (Wildman–Crippen LogP) is 4.14. The van der Waals surface area contributed by atoms with Crippen molar-refractivity contribution in [1.29, 1.82) is 0 Å². The Labute approximate surface area is 110 Å². The molecule has 0 unspecified atom stereocenters. The van der Waals surface area contributed by atoms with Crippen LogP contribution in [0.15, 0.2) is 30.5 Å². The van der Waals surface area contributed by atoms with Gasteiger partial charge >= 0.3 is 6.18 Å². The van der Waals surface area contributed by atoms with Gasteiger partial charge < -0.3 is 5.73 Å². The summed E-state index contributed by atoms with van der Waals surface area (Å²) in [5, 5.41) is 0.114. The molecule has 1 heterocycles. The molecule has 2 nitrogen and oxygen atoms in total. The number of benzene rings is 1. The molecule has 0 radical (unpaired) electrons. The fraction of sp³-hybridized carbons (Fsp3) is 0.0833. The molecular formula is C12H7ClF4N2. The Morgan fingerprint density at radius 2 is 1.84 bits per heavy atom. The van der Waals surface area contributed by atoms with Crippen LogP contribution < -0.4 is 5.73 Å². The minimum Gasteiger partial charge on any atom is -0.397 e. The van der Waals surface area contributed by atoms with Gasteiger partial charge in [0.15, 0.2) is 0 Å². The third-order valence-corrected chi connectivity index (χ3v) is 2.63. The van der Waals surface area contributed by atoms with Crippen LogP contribution in [0.25, 0.3) is 11.3 Å². The fourth-order valence-electron chi connectivity index (χ4n) is 1.59. The zero-order valence-electron chi connectivity index (χ0n) is 9.30. The Hall–Kier alpha value is -1.82. The maximum Gasteiger partial charge on any atom is 0.418 e. The first-order valence-corrected chi connectivity index (χ1v) is 5.45. The third kappa shape index (κ3) is 2.78. The van der Waals surface area contributed by atoms with Crippen LogP contribution in [0.1, 0.15) is 5.56 Å². The Bertz CT molecular complexity index is 626. The Kier molecular flexibility index (Phi) is 3.36. The van der Waals surface area contributed by atoms with Crippen LogP contribution in [-0.2, 0) is 6.18 Å². The average molecular weight is 291 g/mol. The van der Waals surface area contributed by atoms with E-state index in [0.29, 0.717) is 6.07 Å². The molecule has 0 bridgehead atoms. The molecule has 19 heavy (non-hydrogen) atoms. The van der Waals surface area contributed by atoms with Crippen molar-refractivity contribution < 1.29 is 17.6 Å². The van der Waals surface area contributed by atoms with Crippen molar-refractivity contribution in [3.63, 3.8) is 0 Å². The molecule has 0 atom stereocenters. The second-order valence-electron chi connectivity index (χ2n) is 3.79. The van der Waals surface area contributed by atoms with Gasteiger partial charge in [-0.3, -0.25) is 4.98 Å². The number of nitrogens with zero attached hydrogens (tertiary/aromatic N) is 1. The largest absolute Gasteiger partial charge is 0.418 e. The van der Waals surface area contributed by atoms with Gasteiger partial charge in [0.1, 0.15) is 5.82 Å². The normalized spacial score (nSPS) is 11.6. The van der Waals surface area contributed by atoms with E-state index in [9.17, 15) is 17.6 Å². The smallest absolute Gasteiger partial charge is 0.397 e. The average Bonchev–Trinajstić information content (AvgIpc) is 2.31. The minimum atomic E-state index is -4.69.